The zero-order valence-corrected chi connectivity index (χ0v) is 9.44. The molecule has 1 unspecified atom stereocenters. The van der Waals surface area contributed by atoms with Gasteiger partial charge in [0, 0.05) is 13.1 Å². The lowest BCUT2D eigenvalue weighted by atomic mass is 10.2. The molecule has 1 aromatic rings. The van der Waals surface area contributed by atoms with Crippen molar-refractivity contribution in [2.75, 3.05) is 12.4 Å². The van der Waals surface area contributed by atoms with Gasteiger partial charge in [0.05, 0.1) is 6.20 Å². The second-order valence-electron chi connectivity index (χ2n) is 3.06. The zero-order chi connectivity index (χ0) is 10.6. The lowest BCUT2D eigenvalue weighted by Crippen LogP contribution is -2.31. The van der Waals surface area contributed by atoms with Crippen LogP contribution >= 0.6 is 11.3 Å². The highest BCUT2D eigenvalue weighted by Crippen LogP contribution is 2.17. The van der Waals surface area contributed by atoms with E-state index in [9.17, 15) is 4.79 Å². The topological polar surface area (TPSA) is 54.0 Å². The fourth-order valence-corrected chi connectivity index (χ4v) is 1.56. The van der Waals surface area contributed by atoms with Crippen molar-refractivity contribution in [1.82, 2.24) is 10.3 Å². The third-order valence-electron chi connectivity index (χ3n) is 1.93. The standard InChI is InChI=1S/C9H15N3OS/c1-4-6(2)12-8(13)7-5-11-9(10-3)14-7/h5-6H,4H2,1-3H3,(H,10,11)(H,12,13). The third kappa shape index (κ3) is 2.70. The van der Waals surface area contributed by atoms with Gasteiger partial charge in [-0.05, 0) is 13.3 Å². The molecule has 0 saturated heterocycles. The van der Waals surface area contributed by atoms with Gasteiger partial charge in [-0.1, -0.05) is 18.3 Å². The van der Waals surface area contributed by atoms with E-state index in [1.54, 1.807) is 13.2 Å². The summed E-state index contributed by atoms with van der Waals surface area (Å²) in [5, 5.41) is 6.55. The van der Waals surface area contributed by atoms with Crippen molar-refractivity contribution in [3.8, 4) is 0 Å². The zero-order valence-electron chi connectivity index (χ0n) is 8.63. The Morgan fingerprint density at radius 3 is 2.93 bits per heavy atom. The molecular weight excluding hydrogens is 198 g/mol. The molecule has 14 heavy (non-hydrogen) atoms. The van der Waals surface area contributed by atoms with Gasteiger partial charge < -0.3 is 10.6 Å². The number of hydrogen-bond acceptors (Lipinski definition) is 4. The molecule has 1 atom stereocenters. The van der Waals surface area contributed by atoms with Crippen LogP contribution in [0.2, 0.25) is 0 Å². The van der Waals surface area contributed by atoms with Crippen LogP contribution in [-0.4, -0.2) is 24.0 Å². The lowest BCUT2D eigenvalue weighted by molar-refractivity contribution is 0.0943. The smallest absolute Gasteiger partial charge is 0.263 e. The van der Waals surface area contributed by atoms with Crippen LogP contribution in [0, 0.1) is 0 Å². The summed E-state index contributed by atoms with van der Waals surface area (Å²) in [6, 6.07) is 0.211. The Hall–Kier alpha value is -1.10. The van der Waals surface area contributed by atoms with Crippen LogP contribution < -0.4 is 10.6 Å². The van der Waals surface area contributed by atoms with Crippen LogP contribution in [0.5, 0.6) is 0 Å². The van der Waals surface area contributed by atoms with Crippen molar-refractivity contribution in [3.05, 3.63) is 11.1 Å². The van der Waals surface area contributed by atoms with E-state index in [-0.39, 0.29) is 11.9 Å². The minimum atomic E-state index is -0.0432. The summed E-state index contributed by atoms with van der Waals surface area (Å²) in [7, 11) is 1.79. The molecular formula is C9H15N3OS. The summed E-state index contributed by atoms with van der Waals surface area (Å²) >= 11 is 1.36. The van der Waals surface area contributed by atoms with Crippen LogP contribution in [0.15, 0.2) is 6.20 Å². The van der Waals surface area contributed by atoms with E-state index >= 15 is 0 Å². The van der Waals surface area contributed by atoms with E-state index in [1.165, 1.54) is 11.3 Å². The Balaban J connectivity index is 2.60. The minimum Gasteiger partial charge on any atom is -0.365 e. The molecule has 1 rings (SSSR count). The van der Waals surface area contributed by atoms with Crippen LogP contribution in [0.25, 0.3) is 0 Å². The summed E-state index contributed by atoms with van der Waals surface area (Å²) in [6.07, 6.45) is 2.53. The maximum absolute atomic E-state index is 11.6. The number of aromatic nitrogens is 1. The largest absolute Gasteiger partial charge is 0.365 e. The fourth-order valence-electron chi connectivity index (χ4n) is 0.892. The first-order valence-corrected chi connectivity index (χ1v) is 5.43. The maximum Gasteiger partial charge on any atom is 0.263 e. The first kappa shape index (κ1) is 11.0. The van der Waals surface area contributed by atoms with Gasteiger partial charge in [-0.2, -0.15) is 0 Å². The SMILES string of the molecule is CCC(C)NC(=O)c1cnc(NC)s1. The lowest BCUT2D eigenvalue weighted by Gasteiger charge is -2.09. The van der Waals surface area contributed by atoms with Crippen molar-refractivity contribution < 1.29 is 4.79 Å². The van der Waals surface area contributed by atoms with Crippen LogP contribution in [0.4, 0.5) is 5.13 Å². The Bertz CT molecular complexity index is 311. The van der Waals surface area contributed by atoms with Gasteiger partial charge in [-0.15, -0.1) is 0 Å². The van der Waals surface area contributed by atoms with Gasteiger partial charge in [-0.25, -0.2) is 4.98 Å². The highest BCUT2D eigenvalue weighted by atomic mass is 32.1. The predicted octanol–water partition coefficient (Wildman–Crippen LogP) is 1.71. The number of hydrogen-bond donors (Lipinski definition) is 2. The molecule has 0 bridgehead atoms. The average molecular weight is 213 g/mol. The van der Waals surface area contributed by atoms with E-state index in [1.807, 2.05) is 13.8 Å². The predicted molar refractivity (Wildman–Crippen MR) is 58.9 cm³/mol. The first-order chi connectivity index (χ1) is 6.67. The highest BCUT2D eigenvalue weighted by molar-refractivity contribution is 7.17. The molecule has 0 spiro atoms. The molecule has 0 aliphatic rings. The fraction of sp³-hybridized carbons (Fsp3) is 0.556. The number of rotatable bonds is 4. The van der Waals surface area contributed by atoms with Gasteiger partial charge in [0.15, 0.2) is 5.13 Å². The number of anilines is 1. The highest BCUT2D eigenvalue weighted by Gasteiger charge is 2.11. The first-order valence-electron chi connectivity index (χ1n) is 4.61. The van der Waals surface area contributed by atoms with E-state index in [4.69, 9.17) is 0 Å². The molecule has 0 aliphatic heterocycles. The molecule has 0 saturated carbocycles. The van der Waals surface area contributed by atoms with Crippen molar-refractivity contribution in [2.24, 2.45) is 0 Å². The summed E-state index contributed by atoms with van der Waals surface area (Å²) in [5.41, 5.74) is 0. The Kier molecular flexibility index (Phi) is 3.88. The maximum atomic E-state index is 11.6. The second kappa shape index (κ2) is 4.95. The monoisotopic (exact) mass is 213 g/mol. The van der Waals surface area contributed by atoms with E-state index in [0.29, 0.717) is 4.88 Å². The minimum absolute atomic E-state index is 0.0432. The molecule has 0 fully saturated rings. The molecule has 2 N–H and O–H groups in total. The molecule has 4 nitrogen and oxygen atoms in total. The van der Waals surface area contributed by atoms with Crippen molar-refractivity contribution in [1.29, 1.82) is 0 Å². The number of nitrogens with one attached hydrogen (secondary N) is 2. The second-order valence-corrected chi connectivity index (χ2v) is 4.09. The Morgan fingerprint density at radius 1 is 1.71 bits per heavy atom. The van der Waals surface area contributed by atoms with Crippen molar-refractivity contribution in [3.63, 3.8) is 0 Å². The molecule has 1 aromatic heterocycles. The molecule has 5 heteroatoms. The van der Waals surface area contributed by atoms with E-state index < -0.39 is 0 Å². The van der Waals surface area contributed by atoms with Gasteiger partial charge >= 0.3 is 0 Å². The molecule has 1 heterocycles. The van der Waals surface area contributed by atoms with Crippen molar-refractivity contribution >= 4 is 22.4 Å². The Morgan fingerprint density at radius 2 is 2.43 bits per heavy atom. The van der Waals surface area contributed by atoms with Gasteiger partial charge in [0.2, 0.25) is 0 Å². The summed E-state index contributed by atoms with van der Waals surface area (Å²) < 4.78 is 0. The molecule has 0 radical (unpaired) electrons. The van der Waals surface area contributed by atoms with Crippen LogP contribution in [-0.2, 0) is 0 Å². The van der Waals surface area contributed by atoms with Gasteiger partial charge in [0.25, 0.3) is 5.91 Å². The van der Waals surface area contributed by atoms with Crippen LogP contribution in [0.3, 0.4) is 0 Å². The average Bonchev–Trinajstić information content (AvgIpc) is 2.65. The van der Waals surface area contributed by atoms with Crippen LogP contribution in [0.1, 0.15) is 29.9 Å². The molecule has 0 aliphatic carbocycles. The number of thiazole rings is 1. The molecule has 0 aromatic carbocycles. The van der Waals surface area contributed by atoms with E-state index in [0.717, 1.165) is 11.6 Å². The summed E-state index contributed by atoms with van der Waals surface area (Å²) in [6.45, 7) is 4.02. The van der Waals surface area contributed by atoms with Crippen molar-refractivity contribution in [2.45, 2.75) is 26.3 Å². The molecule has 78 valence electrons. The molecule has 1 amide bonds. The number of nitrogens with zero attached hydrogens (tertiary/aromatic N) is 1. The quantitative estimate of drug-likeness (QED) is 0.800. The van der Waals surface area contributed by atoms with Gasteiger partial charge in [-0.3, -0.25) is 4.79 Å². The Labute approximate surface area is 87.7 Å². The third-order valence-corrected chi connectivity index (χ3v) is 2.95. The van der Waals surface area contributed by atoms with Gasteiger partial charge in [0.1, 0.15) is 4.88 Å². The summed E-state index contributed by atoms with van der Waals surface area (Å²) in [5.74, 6) is -0.0432. The summed E-state index contributed by atoms with van der Waals surface area (Å²) in [4.78, 5) is 16.3. The normalized spacial score (nSPS) is 12.2. The number of carbonyl (C=O) groups is 1. The number of carbonyl (C=O) groups excluding carboxylic acids is 1. The van der Waals surface area contributed by atoms with E-state index in [2.05, 4.69) is 15.6 Å². The number of amides is 1.